The van der Waals surface area contributed by atoms with Crippen LogP contribution in [0.2, 0.25) is 0 Å². The third kappa shape index (κ3) is 3.89. The van der Waals surface area contributed by atoms with Crippen LogP contribution in [-0.4, -0.2) is 23.9 Å². The molecule has 0 spiro atoms. The summed E-state index contributed by atoms with van der Waals surface area (Å²) in [5.41, 5.74) is 0.904. The first-order chi connectivity index (χ1) is 14.8. The smallest absolute Gasteiger partial charge is 0.433 e. The Morgan fingerprint density at radius 2 is 1.97 bits per heavy atom. The highest BCUT2D eigenvalue weighted by atomic mass is 32.2. The fourth-order valence-corrected chi connectivity index (χ4v) is 3.58. The number of benzene rings is 1. The summed E-state index contributed by atoms with van der Waals surface area (Å²) in [7, 11) is 0. The quantitative estimate of drug-likeness (QED) is 0.576. The molecule has 0 bridgehead atoms. The number of ether oxygens (including phenoxy) is 1. The van der Waals surface area contributed by atoms with Crippen molar-refractivity contribution in [2.75, 3.05) is 5.32 Å². The van der Waals surface area contributed by atoms with E-state index in [-0.39, 0.29) is 17.4 Å². The summed E-state index contributed by atoms with van der Waals surface area (Å²) < 4.78 is 51.0. The second kappa shape index (κ2) is 7.23. The number of anilines is 2. The number of allylic oxidation sites excluding steroid dienone is 2. The molecule has 8 nitrogen and oxygen atoms in total. The van der Waals surface area contributed by atoms with E-state index in [0.717, 1.165) is 11.8 Å². The van der Waals surface area contributed by atoms with E-state index in [2.05, 4.69) is 25.1 Å². The van der Waals surface area contributed by atoms with Crippen molar-refractivity contribution in [3.05, 3.63) is 77.7 Å². The van der Waals surface area contributed by atoms with Crippen molar-refractivity contribution in [1.82, 2.24) is 28.6 Å². The van der Waals surface area contributed by atoms with Gasteiger partial charge in [0.15, 0.2) is 0 Å². The number of fused-ring (bicyclic) bond motifs is 2. The molecule has 0 aliphatic carbocycles. The molecule has 0 amide bonds. The average Bonchev–Trinajstić information content (AvgIpc) is 3.35. The fraction of sp³-hybridized carbons (Fsp3) is 0.105. The van der Waals surface area contributed by atoms with Crippen LogP contribution in [0.4, 0.5) is 24.8 Å². The second-order valence-corrected chi connectivity index (χ2v) is 7.46. The van der Waals surface area contributed by atoms with E-state index in [9.17, 15) is 13.2 Å². The number of hydrogen-bond donors (Lipinski definition) is 2. The Kier molecular flexibility index (Phi) is 4.50. The van der Waals surface area contributed by atoms with Crippen molar-refractivity contribution in [2.24, 2.45) is 0 Å². The van der Waals surface area contributed by atoms with E-state index in [1.807, 2.05) is 28.9 Å². The summed E-state index contributed by atoms with van der Waals surface area (Å²) in [5.74, 6) is 1.33. The van der Waals surface area contributed by atoms with Gasteiger partial charge in [0, 0.05) is 29.9 Å². The molecule has 3 aromatic rings. The van der Waals surface area contributed by atoms with Gasteiger partial charge in [0.1, 0.15) is 17.2 Å². The van der Waals surface area contributed by atoms with Crippen LogP contribution in [0.25, 0.3) is 5.78 Å². The molecule has 31 heavy (non-hydrogen) atoms. The summed E-state index contributed by atoms with van der Waals surface area (Å²) in [6, 6.07) is 7.98. The SMILES string of the molecule is Cc1cc(C(F)(F)F)nc2nc(Nc3ccc(OC4=CC5=CNSN5C=C4)cc3)nn12. The molecule has 1 aromatic carbocycles. The molecule has 158 valence electrons. The number of nitrogens with zero attached hydrogens (tertiary/aromatic N) is 5. The van der Waals surface area contributed by atoms with Crippen molar-refractivity contribution >= 4 is 29.5 Å². The Hall–Kier alpha value is -3.67. The van der Waals surface area contributed by atoms with Gasteiger partial charge in [0.05, 0.1) is 17.8 Å². The van der Waals surface area contributed by atoms with Gasteiger partial charge in [0.2, 0.25) is 5.95 Å². The minimum absolute atomic E-state index is 0.131. The van der Waals surface area contributed by atoms with Gasteiger partial charge in [-0.15, -0.1) is 5.10 Å². The maximum Gasteiger partial charge on any atom is 0.433 e. The summed E-state index contributed by atoms with van der Waals surface area (Å²) in [5, 5.41) is 7.14. The van der Waals surface area contributed by atoms with Gasteiger partial charge in [-0.05, 0) is 43.3 Å². The molecule has 2 N–H and O–H groups in total. The number of rotatable bonds is 4. The Morgan fingerprint density at radius 3 is 2.74 bits per heavy atom. The summed E-state index contributed by atoms with van der Waals surface area (Å²) in [6.07, 6.45) is 2.99. The molecule has 2 aliphatic rings. The Labute approximate surface area is 178 Å². The highest BCUT2D eigenvalue weighted by molar-refractivity contribution is 7.95. The molecule has 0 saturated heterocycles. The van der Waals surface area contributed by atoms with Gasteiger partial charge in [-0.2, -0.15) is 22.7 Å². The number of hydrogen-bond acceptors (Lipinski definition) is 8. The standard InChI is InChI=1S/C19H14F3N7OS/c1-11-8-16(19(20,21)22)25-18-26-17(27-29(11)18)24-12-2-4-14(5-3-12)30-15-6-7-28-13(9-15)10-23-31-28/h2-10,23H,1H3,(H,24,27). The number of halogens is 3. The normalized spacial score (nSPS) is 15.4. The molecule has 2 aromatic heterocycles. The molecular weight excluding hydrogens is 431 g/mol. The van der Waals surface area contributed by atoms with Crippen molar-refractivity contribution in [2.45, 2.75) is 13.1 Å². The van der Waals surface area contributed by atoms with Crippen LogP contribution in [0, 0.1) is 6.92 Å². The van der Waals surface area contributed by atoms with E-state index < -0.39 is 11.9 Å². The van der Waals surface area contributed by atoms with Crippen LogP contribution in [0.3, 0.4) is 0 Å². The first-order valence-corrected chi connectivity index (χ1v) is 9.81. The largest absolute Gasteiger partial charge is 0.457 e. The number of nitrogens with one attached hydrogen (secondary N) is 2. The number of aryl methyl sites for hydroxylation is 1. The van der Waals surface area contributed by atoms with E-state index in [0.29, 0.717) is 17.2 Å². The molecule has 12 heteroatoms. The predicted molar refractivity (Wildman–Crippen MR) is 109 cm³/mol. The first kappa shape index (κ1) is 19.3. The van der Waals surface area contributed by atoms with Crippen LogP contribution in [0.5, 0.6) is 5.75 Å². The van der Waals surface area contributed by atoms with Gasteiger partial charge >= 0.3 is 6.18 Å². The Morgan fingerprint density at radius 1 is 1.16 bits per heavy atom. The lowest BCUT2D eigenvalue weighted by Crippen LogP contribution is -2.11. The Balaban J connectivity index is 1.31. The van der Waals surface area contributed by atoms with Crippen LogP contribution in [0.1, 0.15) is 11.4 Å². The molecule has 0 unspecified atom stereocenters. The summed E-state index contributed by atoms with van der Waals surface area (Å²) in [4.78, 5) is 7.60. The van der Waals surface area contributed by atoms with Gasteiger partial charge < -0.3 is 14.8 Å². The zero-order valence-electron chi connectivity index (χ0n) is 15.9. The average molecular weight is 445 g/mol. The zero-order valence-corrected chi connectivity index (χ0v) is 16.7. The van der Waals surface area contributed by atoms with Crippen LogP contribution in [-0.2, 0) is 6.18 Å². The van der Waals surface area contributed by atoms with Crippen molar-refractivity contribution in [1.29, 1.82) is 0 Å². The highest BCUT2D eigenvalue weighted by Crippen LogP contribution is 2.30. The van der Waals surface area contributed by atoms with Gasteiger partial charge in [-0.25, -0.2) is 4.98 Å². The summed E-state index contributed by atoms with van der Waals surface area (Å²) in [6.45, 7) is 1.51. The number of alkyl halides is 3. The molecule has 0 atom stereocenters. The van der Waals surface area contributed by atoms with E-state index in [1.165, 1.54) is 23.6 Å². The van der Waals surface area contributed by atoms with E-state index in [1.54, 1.807) is 24.3 Å². The summed E-state index contributed by atoms with van der Waals surface area (Å²) >= 11 is 1.46. The molecule has 0 saturated carbocycles. The third-order valence-corrected chi connectivity index (χ3v) is 5.16. The maximum absolute atomic E-state index is 13.0. The fourth-order valence-electron chi connectivity index (χ4n) is 2.96. The van der Waals surface area contributed by atoms with Crippen molar-refractivity contribution in [3.63, 3.8) is 0 Å². The third-order valence-electron chi connectivity index (χ3n) is 4.40. The number of aromatic nitrogens is 4. The maximum atomic E-state index is 13.0. The van der Waals surface area contributed by atoms with E-state index in [4.69, 9.17) is 4.74 Å². The highest BCUT2D eigenvalue weighted by Gasteiger charge is 2.33. The Bertz CT molecular complexity index is 1250. The van der Waals surface area contributed by atoms with Crippen LogP contribution < -0.4 is 14.8 Å². The minimum Gasteiger partial charge on any atom is -0.457 e. The minimum atomic E-state index is -4.55. The van der Waals surface area contributed by atoms with Gasteiger partial charge in [-0.1, -0.05) is 0 Å². The molecule has 0 radical (unpaired) electrons. The monoisotopic (exact) mass is 445 g/mol. The van der Waals surface area contributed by atoms with E-state index >= 15 is 0 Å². The molecule has 5 rings (SSSR count). The molecule has 4 heterocycles. The van der Waals surface area contributed by atoms with Crippen molar-refractivity contribution in [3.8, 4) is 5.75 Å². The second-order valence-electron chi connectivity index (χ2n) is 6.65. The topological polar surface area (TPSA) is 79.6 Å². The van der Waals surface area contributed by atoms with Crippen molar-refractivity contribution < 1.29 is 17.9 Å². The lowest BCUT2D eigenvalue weighted by atomic mass is 10.3. The predicted octanol–water partition coefficient (Wildman–Crippen LogP) is 4.29. The first-order valence-electron chi connectivity index (χ1n) is 9.03. The molecule has 2 aliphatic heterocycles. The van der Waals surface area contributed by atoms with Crippen LogP contribution in [0.15, 0.2) is 66.3 Å². The molecule has 0 fully saturated rings. The van der Waals surface area contributed by atoms with Gasteiger partial charge in [-0.3, -0.25) is 4.31 Å². The van der Waals surface area contributed by atoms with Gasteiger partial charge in [0.25, 0.3) is 5.78 Å². The van der Waals surface area contributed by atoms with Crippen LogP contribution >= 0.6 is 12.1 Å². The zero-order chi connectivity index (χ0) is 21.6. The molecular formula is C19H14F3N7OS. The lowest BCUT2D eigenvalue weighted by Gasteiger charge is -2.17. The lowest BCUT2D eigenvalue weighted by molar-refractivity contribution is -0.141.